The van der Waals surface area contributed by atoms with Crippen LogP contribution in [0.1, 0.15) is 6.92 Å². The van der Waals surface area contributed by atoms with E-state index in [2.05, 4.69) is 35.1 Å². The molecule has 2 aromatic heterocycles. The molecule has 0 spiro atoms. The molecule has 0 bridgehead atoms. The number of para-hydroxylation sites is 1. The molecule has 0 amide bonds. The lowest BCUT2D eigenvalue weighted by Crippen LogP contribution is -2.31. The number of rotatable bonds is 4. The Labute approximate surface area is 122 Å². The first-order valence-corrected chi connectivity index (χ1v) is 7.95. The average Bonchev–Trinajstić information content (AvgIpc) is 2.85. The minimum Gasteiger partial charge on any atom is -0.450 e. The maximum Gasteiger partial charge on any atom is 0.196 e. The van der Waals surface area contributed by atoms with Crippen molar-refractivity contribution in [3.05, 3.63) is 30.6 Å². The van der Waals surface area contributed by atoms with Crippen molar-refractivity contribution in [3.63, 3.8) is 0 Å². The maximum atomic E-state index is 5.96. The predicted molar refractivity (Wildman–Crippen MR) is 85.6 cm³/mol. The third-order valence-electron chi connectivity index (χ3n) is 3.54. The van der Waals surface area contributed by atoms with Crippen molar-refractivity contribution in [2.45, 2.75) is 13.0 Å². The third-order valence-corrected chi connectivity index (χ3v) is 4.36. The van der Waals surface area contributed by atoms with Gasteiger partial charge in [0.1, 0.15) is 17.4 Å². The van der Waals surface area contributed by atoms with Crippen molar-refractivity contribution in [3.8, 4) is 0 Å². The SMILES string of the molecule is CSCC(C)N(C)c1ncnc2c1oc1ccccc12. The van der Waals surface area contributed by atoms with Crippen molar-refractivity contribution in [2.24, 2.45) is 0 Å². The van der Waals surface area contributed by atoms with Gasteiger partial charge in [-0.15, -0.1) is 0 Å². The van der Waals surface area contributed by atoms with E-state index in [1.807, 2.05) is 36.0 Å². The van der Waals surface area contributed by atoms with Gasteiger partial charge in [0.2, 0.25) is 0 Å². The molecule has 1 aromatic carbocycles. The molecular formula is C15H17N3OS. The fraction of sp³-hybridized carbons (Fsp3) is 0.333. The van der Waals surface area contributed by atoms with E-state index in [1.54, 1.807) is 6.33 Å². The molecule has 4 nitrogen and oxygen atoms in total. The standard InChI is InChI=1S/C15H17N3OS/c1-10(8-20-3)18(2)15-14-13(16-9-17-15)11-6-4-5-7-12(11)19-14/h4-7,9-10H,8H2,1-3H3. The second-order valence-corrected chi connectivity index (χ2v) is 5.80. The van der Waals surface area contributed by atoms with Gasteiger partial charge in [-0.05, 0) is 25.3 Å². The maximum absolute atomic E-state index is 5.96. The van der Waals surface area contributed by atoms with E-state index in [0.717, 1.165) is 33.6 Å². The van der Waals surface area contributed by atoms with E-state index in [1.165, 1.54) is 0 Å². The molecule has 0 aliphatic rings. The van der Waals surface area contributed by atoms with Crippen LogP contribution in [0.4, 0.5) is 5.82 Å². The fourth-order valence-electron chi connectivity index (χ4n) is 2.32. The van der Waals surface area contributed by atoms with Crippen molar-refractivity contribution in [1.82, 2.24) is 9.97 Å². The Morgan fingerprint density at radius 1 is 1.30 bits per heavy atom. The molecule has 1 atom stereocenters. The summed E-state index contributed by atoms with van der Waals surface area (Å²) < 4.78 is 5.96. The van der Waals surface area contributed by atoms with Crippen molar-refractivity contribution in [1.29, 1.82) is 0 Å². The molecule has 3 rings (SSSR count). The van der Waals surface area contributed by atoms with E-state index < -0.39 is 0 Å². The van der Waals surface area contributed by atoms with Crippen LogP contribution in [-0.4, -0.2) is 35.1 Å². The van der Waals surface area contributed by atoms with Gasteiger partial charge in [-0.1, -0.05) is 12.1 Å². The first kappa shape index (κ1) is 13.2. The Bertz CT molecular complexity index is 740. The van der Waals surface area contributed by atoms with Crippen LogP contribution in [0.2, 0.25) is 0 Å². The summed E-state index contributed by atoms with van der Waals surface area (Å²) in [5, 5.41) is 1.04. The van der Waals surface area contributed by atoms with Gasteiger partial charge >= 0.3 is 0 Å². The van der Waals surface area contributed by atoms with E-state index in [0.29, 0.717) is 6.04 Å². The monoisotopic (exact) mass is 287 g/mol. The van der Waals surface area contributed by atoms with E-state index in [9.17, 15) is 0 Å². The number of nitrogens with zero attached hydrogens (tertiary/aromatic N) is 3. The molecule has 104 valence electrons. The molecular weight excluding hydrogens is 270 g/mol. The van der Waals surface area contributed by atoms with Gasteiger partial charge in [0.25, 0.3) is 0 Å². The minimum absolute atomic E-state index is 0.385. The largest absolute Gasteiger partial charge is 0.450 e. The lowest BCUT2D eigenvalue weighted by atomic mass is 10.2. The summed E-state index contributed by atoms with van der Waals surface area (Å²) >= 11 is 1.83. The van der Waals surface area contributed by atoms with Crippen LogP contribution in [0, 0.1) is 0 Å². The molecule has 5 heteroatoms. The Hall–Kier alpha value is -1.75. The van der Waals surface area contributed by atoms with Crippen LogP contribution in [0.15, 0.2) is 35.0 Å². The topological polar surface area (TPSA) is 42.2 Å². The highest BCUT2D eigenvalue weighted by molar-refractivity contribution is 7.98. The molecule has 1 unspecified atom stereocenters. The zero-order valence-electron chi connectivity index (χ0n) is 11.8. The third kappa shape index (κ3) is 2.12. The summed E-state index contributed by atoms with van der Waals surface area (Å²) in [5.41, 5.74) is 2.51. The summed E-state index contributed by atoms with van der Waals surface area (Å²) in [7, 11) is 2.05. The number of thioether (sulfide) groups is 1. The van der Waals surface area contributed by atoms with Gasteiger partial charge in [0, 0.05) is 24.2 Å². The van der Waals surface area contributed by atoms with Gasteiger partial charge in [0.05, 0.1) is 0 Å². The summed E-state index contributed by atoms with van der Waals surface area (Å²) in [6.07, 6.45) is 3.73. The quantitative estimate of drug-likeness (QED) is 0.734. The van der Waals surface area contributed by atoms with Crippen LogP contribution in [0.25, 0.3) is 22.1 Å². The molecule has 0 aliphatic heterocycles. The zero-order chi connectivity index (χ0) is 14.1. The van der Waals surface area contributed by atoms with Crippen LogP contribution < -0.4 is 4.90 Å². The molecule has 0 N–H and O–H groups in total. The molecule has 2 heterocycles. The lowest BCUT2D eigenvalue weighted by molar-refractivity contribution is 0.656. The molecule has 20 heavy (non-hydrogen) atoms. The fourth-order valence-corrected chi connectivity index (χ4v) is 3.03. The van der Waals surface area contributed by atoms with Gasteiger partial charge < -0.3 is 9.32 Å². The Morgan fingerprint density at radius 3 is 2.90 bits per heavy atom. The minimum atomic E-state index is 0.385. The van der Waals surface area contributed by atoms with Crippen molar-refractivity contribution in [2.75, 3.05) is 24.0 Å². The molecule has 3 aromatic rings. The van der Waals surface area contributed by atoms with Gasteiger partial charge in [0.15, 0.2) is 11.4 Å². The normalized spacial score (nSPS) is 12.9. The summed E-state index contributed by atoms with van der Waals surface area (Å²) in [6.45, 7) is 2.19. The number of furan rings is 1. The number of anilines is 1. The van der Waals surface area contributed by atoms with E-state index >= 15 is 0 Å². The first-order valence-electron chi connectivity index (χ1n) is 6.56. The predicted octanol–water partition coefficient (Wildman–Crippen LogP) is 3.56. The summed E-state index contributed by atoms with van der Waals surface area (Å²) in [6, 6.07) is 8.35. The number of benzene rings is 1. The number of hydrogen-bond donors (Lipinski definition) is 0. The number of aromatic nitrogens is 2. The number of fused-ring (bicyclic) bond motifs is 3. The van der Waals surface area contributed by atoms with Crippen LogP contribution in [-0.2, 0) is 0 Å². The molecule has 0 radical (unpaired) electrons. The van der Waals surface area contributed by atoms with E-state index in [-0.39, 0.29) is 0 Å². The highest BCUT2D eigenvalue weighted by atomic mass is 32.2. The second kappa shape index (κ2) is 5.32. The Morgan fingerprint density at radius 2 is 2.10 bits per heavy atom. The zero-order valence-corrected chi connectivity index (χ0v) is 12.6. The van der Waals surface area contributed by atoms with E-state index in [4.69, 9.17) is 4.42 Å². The Kier molecular flexibility index (Phi) is 3.53. The highest BCUT2D eigenvalue weighted by Crippen LogP contribution is 2.32. The summed E-state index contributed by atoms with van der Waals surface area (Å²) in [4.78, 5) is 11.0. The second-order valence-electron chi connectivity index (χ2n) is 4.89. The first-order chi connectivity index (χ1) is 9.72. The average molecular weight is 287 g/mol. The molecule has 0 aliphatic carbocycles. The molecule has 0 saturated heterocycles. The van der Waals surface area contributed by atoms with Gasteiger partial charge in [-0.3, -0.25) is 0 Å². The van der Waals surface area contributed by atoms with Crippen LogP contribution >= 0.6 is 11.8 Å². The molecule has 0 saturated carbocycles. The summed E-state index contributed by atoms with van der Waals surface area (Å²) in [5.74, 6) is 1.90. The van der Waals surface area contributed by atoms with Gasteiger partial charge in [-0.25, -0.2) is 9.97 Å². The molecule has 0 fully saturated rings. The highest BCUT2D eigenvalue weighted by Gasteiger charge is 2.18. The number of hydrogen-bond acceptors (Lipinski definition) is 5. The van der Waals surface area contributed by atoms with Crippen molar-refractivity contribution >= 4 is 39.6 Å². The lowest BCUT2D eigenvalue weighted by Gasteiger charge is -2.24. The van der Waals surface area contributed by atoms with Gasteiger partial charge in [-0.2, -0.15) is 11.8 Å². The van der Waals surface area contributed by atoms with Crippen LogP contribution in [0.3, 0.4) is 0 Å². The van der Waals surface area contributed by atoms with Crippen molar-refractivity contribution < 1.29 is 4.42 Å². The smallest absolute Gasteiger partial charge is 0.196 e. The van der Waals surface area contributed by atoms with Crippen LogP contribution in [0.5, 0.6) is 0 Å². The Balaban J connectivity index is 2.16.